The van der Waals surface area contributed by atoms with Crippen LogP contribution in [0, 0.1) is 0 Å². The molecule has 0 radical (unpaired) electrons. The van der Waals surface area contributed by atoms with E-state index >= 15 is 0 Å². The van der Waals surface area contributed by atoms with Crippen molar-refractivity contribution in [3.8, 4) is 0 Å². The van der Waals surface area contributed by atoms with Crippen LogP contribution < -0.4 is 5.73 Å². The van der Waals surface area contributed by atoms with Gasteiger partial charge >= 0.3 is 0 Å². The van der Waals surface area contributed by atoms with E-state index in [0.717, 1.165) is 44.4 Å². The van der Waals surface area contributed by atoms with Crippen molar-refractivity contribution in [3.05, 3.63) is 17.5 Å². The van der Waals surface area contributed by atoms with Crippen LogP contribution in [0.15, 0.2) is 10.6 Å². The van der Waals surface area contributed by atoms with Crippen molar-refractivity contribution < 1.29 is 9.32 Å². The molecule has 1 atom stereocenters. The van der Waals surface area contributed by atoms with Crippen molar-refractivity contribution in [3.63, 3.8) is 0 Å². The Bertz CT molecular complexity index is 439. The fourth-order valence-electron chi connectivity index (χ4n) is 2.61. The Morgan fingerprint density at radius 2 is 2.28 bits per heavy atom. The number of nitrogens with zero attached hydrogens (tertiary/aromatic N) is 2. The molecule has 2 fully saturated rings. The van der Waals surface area contributed by atoms with Crippen molar-refractivity contribution in [2.24, 2.45) is 5.73 Å². The highest BCUT2D eigenvalue weighted by molar-refractivity contribution is 5.92. The molecule has 0 bridgehead atoms. The second-order valence-corrected chi connectivity index (χ2v) is 5.27. The van der Waals surface area contributed by atoms with Crippen molar-refractivity contribution in [2.75, 3.05) is 13.1 Å². The number of hydrogen-bond acceptors (Lipinski definition) is 4. The lowest BCUT2D eigenvalue weighted by Gasteiger charge is -2.34. The largest absolute Gasteiger partial charge is 0.360 e. The summed E-state index contributed by atoms with van der Waals surface area (Å²) in [5.74, 6) is 1.33. The Morgan fingerprint density at radius 1 is 1.44 bits per heavy atom. The monoisotopic (exact) mass is 249 g/mol. The highest BCUT2D eigenvalue weighted by Crippen LogP contribution is 2.40. The summed E-state index contributed by atoms with van der Waals surface area (Å²) in [5, 5.41) is 3.91. The average molecular weight is 249 g/mol. The summed E-state index contributed by atoms with van der Waals surface area (Å²) in [6.07, 6.45) is 5.50. The minimum atomic E-state index is -0.0270. The second-order valence-electron chi connectivity index (χ2n) is 5.27. The zero-order chi connectivity index (χ0) is 12.5. The molecular formula is C13H19N3O2. The molecule has 0 aromatic carbocycles. The van der Waals surface area contributed by atoms with Gasteiger partial charge in [-0.3, -0.25) is 4.79 Å². The molecule has 1 amide bonds. The van der Waals surface area contributed by atoms with Gasteiger partial charge in [0.05, 0.1) is 0 Å². The van der Waals surface area contributed by atoms with E-state index in [1.165, 1.54) is 0 Å². The Labute approximate surface area is 106 Å². The lowest BCUT2D eigenvalue weighted by Crippen LogP contribution is -2.47. The van der Waals surface area contributed by atoms with Gasteiger partial charge in [0.1, 0.15) is 5.76 Å². The van der Waals surface area contributed by atoms with Gasteiger partial charge in [0.15, 0.2) is 5.69 Å². The first-order valence-corrected chi connectivity index (χ1v) is 6.77. The molecular weight excluding hydrogens is 230 g/mol. The maximum absolute atomic E-state index is 12.4. The van der Waals surface area contributed by atoms with Gasteiger partial charge in [0, 0.05) is 31.1 Å². The van der Waals surface area contributed by atoms with Crippen LogP contribution >= 0.6 is 0 Å². The number of amides is 1. The molecule has 0 spiro atoms. The van der Waals surface area contributed by atoms with E-state index in [0.29, 0.717) is 18.2 Å². The molecule has 2 heterocycles. The first-order valence-electron chi connectivity index (χ1n) is 6.77. The molecule has 1 saturated heterocycles. The van der Waals surface area contributed by atoms with Gasteiger partial charge in [0.2, 0.25) is 0 Å². The summed E-state index contributed by atoms with van der Waals surface area (Å²) in [6.45, 7) is 1.31. The van der Waals surface area contributed by atoms with Crippen molar-refractivity contribution >= 4 is 5.91 Å². The number of piperidine rings is 1. The van der Waals surface area contributed by atoms with Crippen LogP contribution in [-0.2, 0) is 0 Å². The molecule has 1 aliphatic heterocycles. The molecule has 2 N–H and O–H groups in total. The molecule has 1 aromatic rings. The van der Waals surface area contributed by atoms with Crippen LogP contribution in [0.25, 0.3) is 0 Å². The summed E-state index contributed by atoms with van der Waals surface area (Å²) in [7, 11) is 0. The molecule has 5 heteroatoms. The second kappa shape index (κ2) is 4.72. The van der Waals surface area contributed by atoms with Gasteiger partial charge in [-0.2, -0.15) is 0 Å². The Balaban J connectivity index is 1.74. The normalized spacial score (nSPS) is 24.3. The van der Waals surface area contributed by atoms with Crippen LogP contribution in [0.4, 0.5) is 0 Å². The van der Waals surface area contributed by atoms with Gasteiger partial charge in [0.25, 0.3) is 5.91 Å². The third-order valence-corrected chi connectivity index (χ3v) is 3.89. The van der Waals surface area contributed by atoms with Crippen molar-refractivity contribution in [1.82, 2.24) is 10.1 Å². The summed E-state index contributed by atoms with van der Waals surface area (Å²) in [4.78, 5) is 14.2. The summed E-state index contributed by atoms with van der Waals surface area (Å²) in [5.41, 5.74) is 6.18. The predicted molar refractivity (Wildman–Crippen MR) is 66.2 cm³/mol. The molecule has 1 aliphatic carbocycles. The highest BCUT2D eigenvalue weighted by Gasteiger charge is 2.32. The number of likely N-dealkylation sites (tertiary alicyclic amines) is 1. The minimum Gasteiger partial charge on any atom is -0.360 e. The summed E-state index contributed by atoms with van der Waals surface area (Å²) >= 11 is 0. The third kappa shape index (κ3) is 2.14. The van der Waals surface area contributed by atoms with E-state index in [-0.39, 0.29) is 11.9 Å². The number of nitrogens with two attached hydrogens (primary N) is 1. The maximum Gasteiger partial charge on any atom is 0.276 e. The Morgan fingerprint density at radius 3 is 3.00 bits per heavy atom. The molecule has 98 valence electrons. The third-order valence-electron chi connectivity index (χ3n) is 3.89. The summed E-state index contributed by atoms with van der Waals surface area (Å²) in [6, 6.07) is 1.97. The number of aromatic nitrogens is 1. The highest BCUT2D eigenvalue weighted by atomic mass is 16.5. The lowest BCUT2D eigenvalue weighted by molar-refractivity contribution is 0.0612. The Kier molecular flexibility index (Phi) is 3.07. The smallest absolute Gasteiger partial charge is 0.276 e. The molecule has 2 aliphatic rings. The minimum absolute atomic E-state index is 0.0270. The van der Waals surface area contributed by atoms with E-state index in [1.807, 2.05) is 11.0 Å². The quantitative estimate of drug-likeness (QED) is 0.881. The van der Waals surface area contributed by atoms with Gasteiger partial charge in [-0.05, 0) is 32.1 Å². The number of rotatable bonds is 3. The van der Waals surface area contributed by atoms with Crippen LogP contribution in [0.1, 0.15) is 54.3 Å². The van der Waals surface area contributed by atoms with Crippen LogP contribution in [0.5, 0.6) is 0 Å². The van der Waals surface area contributed by atoms with E-state index in [1.54, 1.807) is 0 Å². The number of hydrogen-bond donors (Lipinski definition) is 1. The number of carbonyl (C=O) groups is 1. The molecule has 1 saturated carbocycles. The van der Waals surface area contributed by atoms with Gasteiger partial charge in [-0.25, -0.2) is 0 Å². The zero-order valence-corrected chi connectivity index (χ0v) is 10.5. The van der Waals surface area contributed by atoms with E-state index in [2.05, 4.69) is 5.16 Å². The standard InChI is InChI=1S/C13H19N3O2/c14-8-10-3-1-2-6-16(10)13(17)11-7-12(18-15-11)9-4-5-9/h7,9-10H,1-6,8,14H2. The van der Waals surface area contributed by atoms with E-state index in [4.69, 9.17) is 10.3 Å². The van der Waals surface area contributed by atoms with Gasteiger partial charge in [-0.15, -0.1) is 0 Å². The van der Waals surface area contributed by atoms with Crippen LogP contribution in [-0.4, -0.2) is 35.1 Å². The first kappa shape index (κ1) is 11.7. The average Bonchev–Trinajstić information content (AvgIpc) is 3.16. The molecule has 1 aromatic heterocycles. The molecule has 5 nitrogen and oxygen atoms in total. The summed E-state index contributed by atoms with van der Waals surface area (Å²) < 4.78 is 5.24. The first-order chi connectivity index (χ1) is 8.79. The van der Waals surface area contributed by atoms with Gasteiger partial charge in [-0.1, -0.05) is 5.16 Å². The Hall–Kier alpha value is -1.36. The fraction of sp³-hybridized carbons (Fsp3) is 0.692. The van der Waals surface area contributed by atoms with E-state index in [9.17, 15) is 4.79 Å². The fourth-order valence-corrected chi connectivity index (χ4v) is 2.61. The maximum atomic E-state index is 12.4. The lowest BCUT2D eigenvalue weighted by atomic mass is 10.0. The predicted octanol–water partition coefficient (Wildman–Crippen LogP) is 1.51. The van der Waals surface area contributed by atoms with Crippen molar-refractivity contribution in [2.45, 2.75) is 44.1 Å². The topological polar surface area (TPSA) is 72.4 Å². The SMILES string of the molecule is NCC1CCCCN1C(=O)c1cc(C2CC2)on1. The molecule has 3 rings (SSSR count). The van der Waals surface area contributed by atoms with Crippen LogP contribution in [0.3, 0.4) is 0 Å². The van der Waals surface area contributed by atoms with Crippen LogP contribution in [0.2, 0.25) is 0 Å². The number of carbonyl (C=O) groups excluding carboxylic acids is 1. The van der Waals surface area contributed by atoms with Gasteiger partial charge < -0.3 is 15.2 Å². The van der Waals surface area contributed by atoms with E-state index < -0.39 is 0 Å². The van der Waals surface area contributed by atoms with Crippen molar-refractivity contribution in [1.29, 1.82) is 0 Å². The zero-order valence-electron chi connectivity index (χ0n) is 10.5. The molecule has 18 heavy (non-hydrogen) atoms. The molecule has 1 unspecified atom stereocenters.